The first-order chi connectivity index (χ1) is 8.92. The molecule has 1 saturated carbocycles. The van der Waals surface area contributed by atoms with E-state index in [1.54, 1.807) is 0 Å². The Labute approximate surface area is 119 Å². The Morgan fingerprint density at radius 3 is 2.58 bits per heavy atom. The highest BCUT2D eigenvalue weighted by molar-refractivity contribution is 4.97. The minimum atomic E-state index is 0.265. The maximum Gasteiger partial charge on any atom is 0.0558 e. The van der Waals surface area contributed by atoms with Gasteiger partial charge < -0.3 is 10.4 Å². The SMILES string of the molecule is CCCNC1C(CN(CCO)C(C)C)CCC1(C)C. The van der Waals surface area contributed by atoms with Crippen LogP contribution in [0.3, 0.4) is 0 Å². The molecule has 19 heavy (non-hydrogen) atoms. The Bertz CT molecular complexity index is 253. The Kier molecular flexibility index (Phi) is 6.78. The standard InChI is InChI=1S/C16H34N2O/c1-6-9-17-15-14(7-8-16(15,4)5)12-18(10-11-19)13(2)3/h13-15,17,19H,6-12H2,1-5H3. The Morgan fingerprint density at radius 1 is 1.37 bits per heavy atom. The smallest absolute Gasteiger partial charge is 0.0558 e. The van der Waals surface area contributed by atoms with Gasteiger partial charge in [-0.15, -0.1) is 0 Å². The van der Waals surface area contributed by atoms with Crippen LogP contribution < -0.4 is 5.32 Å². The van der Waals surface area contributed by atoms with E-state index in [1.807, 2.05) is 0 Å². The number of hydrogen-bond donors (Lipinski definition) is 2. The molecule has 1 fully saturated rings. The number of hydrogen-bond acceptors (Lipinski definition) is 3. The fourth-order valence-electron chi connectivity index (χ4n) is 3.45. The van der Waals surface area contributed by atoms with E-state index in [0.29, 0.717) is 17.5 Å². The van der Waals surface area contributed by atoms with Crippen LogP contribution in [0.1, 0.15) is 53.9 Å². The van der Waals surface area contributed by atoms with Crippen LogP contribution in [0.4, 0.5) is 0 Å². The predicted octanol–water partition coefficient (Wildman–Crippen LogP) is 2.49. The van der Waals surface area contributed by atoms with E-state index in [2.05, 4.69) is 44.8 Å². The molecular formula is C16H34N2O. The summed E-state index contributed by atoms with van der Waals surface area (Å²) in [7, 11) is 0. The molecule has 0 spiro atoms. The van der Waals surface area contributed by atoms with E-state index >= 15 is 0 Å². The van der Waals surface area contributed by atoms with Crippen LogP contribution >= 0.6 is 0 Å². The largest absolute Gasteiger partial charge is 0.395 e. The topological polar surface area (TPSA) is 35.5 Å². The normalized spacial score (nSPS) is 26.5. The zero-order valence-corrected chi connectivity index (χ0v) is 13.6. The molecule has 1 aliphatic rings. The molecule has 0 saturated heterocycles. The van der Waals surface area contributed by atoms with Crippen molar-refractivity contribution in [1.82, 2.24) is 10.2 Å². The summed E-state index contributed by atoms with van der Waals surface area (Å²) in [6.07, 6.45) is 3.82. The maximum atomic E-state index is 9.21. The van der Waals surface area contributed by atoms with Crippen molar-refractivity contribution in [3.05, 3.63) is 0 Å². The monoisotopic (exact) mass is 270 g/mol. The lowest BCUT2D eigenvalue weighted by molar-refractivity contribution is 0.128. The first-order valence-corrected chi connectivity index (χ1v) is 8.00. The van der Waals surface area contributed by atoms with Crippen LogP contribution in [0.2, 0.25) is 0 Å². The van der Waals surface area contributed by atoms with Crippen molar-refractivity contribution in [2.24, 2.45) is 11.3 Å². The van der Waals surface area contributed by atoms with Gasteiger partial charge in [0.25, 0.3) is 0 Å². The van der Waals surface area contributed by atoms with Gasteiger partial charge in [0.15, 0.2) is 0 Å². The van der Waals surface area contributed by atoms with Crippen LogP contribution in [0.5, 0.6) is 0 Å². The molecule has 2 unspecified atom stereocenters. The highest BCUT2D eigenvalue weighted by Gasteiger charge is 2.41. The van der Waals surface area contributed by atoms with Gasteiger partial charge in [-0.25, -0.2) is 0 Å². The number of rotatable bonds is 8. The lowest BCUT2D eigenvalue weighted by atomic mass is 9.84. The Balaban J connectivity index is 2.63. The third-order valence-corrected chi connectivity index (χ3v) is 4.67. The summed E-state index contributed by atoms with van der Waals surface area (Å²) in [5.74, 6) is 0.718. The average Bonchev–Trinajstić information content (AvgIpc) is 2.61. The Hall–Kier alpha value is -0.120. The molecule has 1 aliphatic carbocycles. The minimum absolute atomic E-state index is 0.265. The van der Waals surface area contributed by atoms with Gasteiger partial charge in [0.1, 0.15) is 0 Å². The van der Waals surface area contributed by atoms with Crippen molar-refractivity contribution >= 4 is 0 Å². The summed E-state index contributed by atoms with van der Waals surface area (Å²) < 4.78 is 0. The summed E-state index contributed by atoms with van der Waals surface area (Å²) in [6.45, 7) is 14.8. The number of aliphatic hydroxyl groups is 1. The van der Waals surface area contributed by atoms with Gasteiger partial charge in [0.2, 0.25) is 0 Å². The zero-order chi connectivity index (χ0) is 14.5. The third-order valence-electron chi connectivity index (χ3n) is 4.67. The van der Waals surface area contributed by atoms with Gasteiger partial charge in [-0.3, -0.25) is 4.90 Å². The molecule has 2 atom stereocenters. The highest BCUT2D eigenvalue weighted by Crippen LogP contribution is 2.41. The van der Waals surface area contributed by atoms with Gasteiger partial charge >= 0.3 is 0 Å². The lowest BCUT2D eigenvalue weighted by Gasteiger charge is -2.35. The van der Waals surface area contributed by atoms with Crippen LogP contribution in [0, 0.1) is 11.3 Å². The number of nitrogens with zero attached hydrogens (tertiary/aromatic N) is 1. The van der Waals surface area contributed by atoms with Crippen molar-refractivity contribution in [2.75, 3.05) is 26.2 Å². The first kappa shape index (κ1) is 16.9. The molecular weight excluding hydrogens is 236 g/mol. The fourth-order valence-corrected chi connectivity index (χ4v) is 3.45. The summed E-state index contributed by atoms with van der Waals surface area (Å²) >= 11 is 0. The molecule has 3 heteroatoms. The van der Waals surface area contributed by atoms with Crippen molar-refractivity contribution in [3.8, 4) is 0 Å². The molecule has 0 heterocycles. The Morgan fingerprint density at radius 2 is 2.05 bits per heavy atom. The van der Waals surface area contributed by atoms with E-state index in [1.165, 1.54) is 19.3 Å². The van der Waals surface area contributed by atoms with E-state index in [0.717, 1.165) is 25.6 Å². The summed E-state index contributed by atoms with van der Waals surface area (Å²) in [4.78, 5) is 2.42. The van der Waals surface area contributed by atoms with Crippen molar-refractivity contribution < 1.29 is 5.11 Å². The van der Waals surface area contributed by atoms with E-state index in [4.69, 9.17) is 0 Å². The predicted molar refractivity (Wildman–Crippen MR) is 82.4 cm³/mol. The van der Waals surface area contributed by atoms with E-state index < -0.39 is 0 Å². The van der Waals surface area contributed by atoms with Crippen molar-refractivity contribution in [1.29, 1.82) is 0 Å². The van der Waals surface area contributed by atoms with Crippen LogP contribution in [-0.2, 0) is 0 Å². The summed E-state index contributed by atoms with van der Waals surface area (Å²) in [6, 6.07) is 1.13. The fraction of sp³-hybridized carbons (Fsp3) is 1.00. The highest BCUT2D eigenvalue weighted by atomic mass is 16.3. The van der Waals surface area contributed by atoms with Gasteiger partial charge in [-0.1, -0.05) is 20.8 Å². The first-order valence-electron chi connectivity index (χ1n) is 8.00. The van der Waals surface area contributed by atoms with Crippen LogP contribution in [-0.4, -0.2) is 48.3 Å². The third kappa shape index (κ3) is 4.73. The van der Waals surface area contributed by atoms with Gasteiger partial charge in [0, 0.05) is 25.2 Å². The maximum absolute atomic E-state index is 9.21. The van der Waals surface area contributed by atoms with Crippen LogP contribution in [0.15, 0.2) is 0 Å². The molecule has 1 rings (SSSR count). The van der Waals surface area contributed by atoms with Gasteiger partial charge in [-0.05, 0) is 51.0 Å². The molecule has 0 amide bonds. The second-order valence-electron chi connectivity index (χ2n) is 7.03. The quantitative estimate of drug-likeness (QED) is 0.711. The molecule has 0 aromatic carbocycles. The van der Waals surface area contributed by atoms with Crippen molar-refractivity contribution in [3.63, 3.8) is 0 Å². The molecule has 0 bridgehead atoms. The zero-order valence-electron chi connectivity index (χ0n) is 13.6. The van der Waals surface area contributed by atoms with Gasteiger partial charge in [-0.2, -0.15) is 0 Å². The molecule has 0 radical (unpaired) electrons. The van der Waals surface area contributed by atoms with E-state index in [-0.39, 0.29) is 6.61 Å². The molecule has 2 N–H and O–H groups in total. The number of aliphatic hydroxyl groups excluding tert-OH is 1. The molecule has 114 valence electrons. The second kappa shape index (κ2) is 7.61. The minimum Gasteiger partial charge on any atom is -0.395 e. The van der Waals surface area contributed by atoms with Gasteiger partial charge in [0.05, 0.1) is 6.61 Å². The van der Waals surface area contributed by atoms with Crippen LogP contribution in [0.25, 0.3) is 0 Å². The molecule has 3 nitrogen and oxygen atoms in total. The second-order valence-corrected chi connectivity index (χ2v) is 7.03. The molecule has 0 aromatic heterocycles. The molecule has 0 aromatic rings. The summed E-state index contributed by atoms with van der Waals surface area (Å²) in [5, 5.41) is 13.0. The van der Waals surface area contributed by atoms with Crippen molar-refractivity contribution in [2.45, 2.75) is 66.0 Å². The van der Waals surface area contributed by atoms with E-state index in [9.17, 15) is 5.11 Å². The number of nitrogens with one attached hydrogen (secondary N) is 1. The lowest BCUT2D eigenvalue weighted by Crippen LogP contribution is -2.47. The average molecular weight is 270 g/mol. The molecule has 0 aliphatic heterocycles. The summed E-state index contributed by atoms with van der Waals surface area (Å²) in [5.41, 5.74) is 0.404.